The fourth-order valence-electron chi connectivity index (χ4n) is 3.41. The largest absolute Gasteiger partial charge is 0.496 e. The van der Waals surface area contributed by atoms with Crippen molar-refractivity contribution in [3.8, 4) is 5.75 Å². The summed E-state index contributed by atoms with van der Waals surface area (Å²) in [5.41, 5.74) is 2.90. The second-order valence-corrected chi connectivity index (χ2v) is 7.19. The minimum absolute atomic E-state index is 0. The number of hydrogen-bond acceptors (Lipinski definition) is 3. The Balaban J connectivity index is 0.00000341. The topological polar surface area (TPSA) is 78.0 Å². The van der Waals surface area contributed by atoms with Crippen LogP contribution < -0.4 is 20.7 Å². The normalized spacial score (nSPS) is 13.4. The zero-order chi connectivity index (χ0) is 21.2. The van der Waals surface area contributed by atoms with Gasteiger partial charge < -0.3 is 25.6 Å². The van der Waals surface area contributed by atoms with Gasteiger partial charge in [0, 0.05) is 37.4 Å². The third kappa shape index (κ3) is 7.61. The number of carbonyl (C=O) groups excluding carboxylic acids is 1. The molecule has 3 rings (SSSR count). The first-order valence-electron chi connectivity index (χ1n) is 10.5. The van der Waals surface area contributed by atoms with Crippen molar-refractivity contribution < 1.29 is 9.53 Å². The Morgan fingerprint density at radius 1 is 1.10 bits per heavy atom. The van der Waals surface area contributed by atoms with Crippen LogP contribution >= 0.6 is 24.0 Å². The van der Waals surface area contributed by atoms with Crippen molar-refractivity contribution in [1.29, 1.82) is 0 Å². The van der Waals surface area contributed by atoms with E-state index in [0.717, 1.165) is 61.0 Å². The minimum Gasteiger partial charge on any atom is -0.496 e. The van der Waals surface area contributed by atoms with Gasteiger partial charge in [-0.25, -0.2) is 9.79 Å². The average Bonchev–Trinajstić information content (AvgIpc) is 3.31. The molecule has 1 aliphatic heterocycles. The van der Waals surface area contributed by atoms with Gasteiger partial charge in [0.25, 0.3) is 0 Å². The van der Waals surface area contributed by atoms with E-state index in [4.69, 9.17) is 4.74 Å². The van der Waals surface area contributed by atoms with E-state index in [1.165, 1.54) is 0 Å². The van der Waals surface area contributed by atoms with E-state index >= 15 is 0 Å². The van der Waals surface area contributed by atoms with Crippen molar-refractivity contribution in [2.45, 2.75) is 32.9 Å². The Hall–Kier alpha value is -2.49. The maximum absolute atomic E-state index is 12.3. The highest BCUT2D eigenvalue weighted by Gasteiger charge is 2.17. The third-order valence-electron chi connectivity index (χ3n) is 4.97. The first-order chi connectivity index (χ1) is 14.7. The number of urea groups is 1. The molecule has 2 aromatic carbocycles. The molecule has 0 unspecified atom stereocenters. The van der Waals surface area contributed by atoms with Crippen LogP contribution in [0, 0.1) is 0 Å². The number of ether oxygens (including phenoxy) is 1. The average molecular weight is 537 g/mol. The summed E-state index contributed by atoms with van der Waals surface area (Å²) >= 11 is 0. The number of hydrogen-bond donors (Lipinski definition) is 3. The van der Waals surface area contributed by atoms with Gasteiger partial charge in [-0.05, 0) is 43.5 Å². The smallest absolute Gasteiger partial charge is 0.321 e. The summed E-state index contributed by atoms with van der Waals surface area (Å²) in [5, 5.41) is 9.60. The fourth-order valence-corrected chi connectivity index (χ4v) is 3.41. The SMILES string of the molecule is CCNC(=NCc1cccc(NC(=O)N2CCCC2)c1)NCc1ccccc1OC.I. The summed E-state index contributed by atoms with van der Waals surface area (Å²) in [6.45, 7) is 5.59. The maximum atomic E-state index is 12.3. The molecule has 1 saturated heterocycles. The monoisotopic (exact) mass is 537 g/mol. The highest BCUT2D eigenvalue weighted by Crippen LogP contribution is 2.17. The van der Waals surface area contributed by atoms with Gasteiger partial charge in [-0.15, -0.1) is 24.0 Å². The molecule has 0 atom stereocenters. The number of guanidine groups is 1. The Morgan fingerprint density at radius 3 is 2.61 bits per heavy atom. The number of likely N-dealkylation sites (tertiary alicyclic amines) is 1. The van der Waals surface area contributed by atoms with Crippen LogP contribution in [0.5, 0.6) is 5.75 Å². The molecular formula is C23H32IN5O2. The Labute approximate surface area is 201 Å². The fraction of sp³-hybridized carbons (Fsp3) is 0.391. The predicted molar refractivity (Wildman–Crippen MR) is 136 cm³/mol. The number of halogens is 1. The molecule has 2 amide bonds. The van der Waals surface area contributed by atoms with Gasteiger partial charge in [0.1, 0.15) is 5.75 Å². The quantitative estimate of drug-likeness (QED) is 0.281. The lowest BCUT2D eigenvalue weighted by Gasteiger charge is -2.16. The second kappa shape index (κ2) is 13.0. The van der Waals surface area contributed by atoms with E-state index in [9.17, 15) is 4.79 Å². The van der Waals surface area contributed by atoms with Crippen LogP contribution in [0.1, 0.15) is 30.9 Å². The highest BCUT2D eigenvalue weighted by molar-refractivity contribution is 14.0. The number of carbonyl (C=O) groups is 1. The Bertz CT molecular complexity index is 869. The predicted octanol–water partition coefficient (Wildman–Crippen LogP) is 4.20. The van der Waals surface area contributed by atoms with Crippen LogP contribution in [0.4, 0.5) is 10.5 Å². The van der Waals surface area contributed by atoms with Crippen LogP contribution in [-0.4, -0.2) is 43.6 Å². The Morgan fingerprint density at radius 2 is 1.87 bits per heavy atom. The molecular weight excluding hydrogens is 505 g/mol. The summed E-state index contributed by atoms with van der Waals surface area (Å²) in [5.74, 6) is 1.58. The molecule has 3 N–H and O–H groups in total. The number of anilines is 1. The zero-order valence-electron chi connectivity index (χ0n) is 18.2. The van der Waals surface area contributed by atoms with Crippen molar-refractivity contribution in [2.24, 2.45) is 4.99 Å². The lowest BCUT2D eigenvalue weighted by atomic mass is 10.2. The van der Waals surface area contributed by atoms with E-state index in [1.54, 1.807) is 7.11 Å². The van der Waals surface area contributed by atoms with E-state index in [2.05, 4.69) is 20.9 Å². The molecule has 1 heterocycles. The van der Waals surface area contributed by atoms with Gasteiger partial charge in [-0.3, -0.25) is 0 Å². The number of aliphatic imine (C=N–C) groups is 1. The number of nitrogens with zero attached hydrogens (tertiary/aromatic N) is 2. The molecule has 168 valence electrons. The summed E-state index contributed by atoms with van der Waals surface area (Å²) in [6.07, 6.45) is 2.16. The molecule has 0 radical (unpaired) electrons. The third-order valence-corrected chi connectivity index (χ3v) is 4.97. The molecule has 1 fully saturated rings. The summed E-state index contributed by atoms with van der Waals surface area (Å²) in [6, 6.07) is 15.7. The number of benzene rings is 2. The van der Waals surface area contributed by atoms with E-state index < -0.39 is 0 Å². The van der Waals surface area contributed by atoms with Crippen LogP contribution in [0.25, 0.3) is 0 Å². The number of rotatable bonds is 7. The van der Waals surface area contributed by atoms with E-state index in [-0.39, 0.29) is 30.0 Å². The lowest BCUT2D eigenvalue weighted by molar-refractivity contribution is 0.222. The molecule has 7 nitrogen and oxygen atoms in total. The van der Waals surface area contributed by atoms with Crippen molar-refractivity contribution in [3.05, 3.63) is 59.7 Å². The molecule has 1 aliphatic rings. The molecule has 0 spiro atoms. The molecule has 0 aromatic heterocycles. The van der Waals surface area contributed by atoms with E-state index in [1.807, 2.05) is 60.4 Å². The Kier molecular flexibility index (Phi) is 10.4. The summed E-state index contributed by atoms with van der Waals surface area (Å²) in [7, 11) is 1.67. The van der Waals surface area contributed by atoms with Crippen LogP contribution in [0.3, 0.4) is 0 Å². The van der Waals surface area contributed by atoms with Crippen LogP contribution in [0.15, 0.2) is 53.5 Å². The number of amides is 2. The number of para-hydroxylation sites is 1. The van der Waals surface area contributed by atoms with Crippen molar-refractivity contribution in [3.63, 3.8) is 0 Å². The van der Waals surface area contributed by atoms with Gasteiger partial charge >= 0.3 is 6.03 Å². The van der Waals surface area contributed by atoms with Gasteiger partial charge in [0.15, 0.2) is 5.96 Å². The number of methoxy groups -OCH3 is 1. The molecule has 0 saturated carbocycles. The van der Waals surface area contributed by atoms with Crippen LogP contribution in [0.2, 0.25) is 0 Å². The molecule has 31 heavy (non-hydrogen) atoms. The van der Waals surface area contributed by atoms with Crippen molar-refractivity contribution in [2.75, 3.05) is 32.1 Å². The highest BCUT2D eigenvalue weighted by atomic mass is 127. The van der Waals surface area contributed by atoms with Crippen molar-refractivity contribution in [1.82, 2.24) is 15.5 Å². The van der Waals surface area contributed by atoms with Gasteiger partial charge in [0.2, 0.25) is 0 Å². The lowest BCUT2D eigenvalue weighted by Crippen LogP contribution is -2.36. The number of nitrogens with one attached hydrogen (secondary N) is 3. The van der Waals surface area contributed by atoms with E-state index in [0.29, 0.717) is 13.1 Å². The second-order valence-electron chi connectivity index (χ2n) is 7.19. The van der Waals surface area contributed by atoms with Gasteiger partial charge in [-0.1, -0.05) is 30.3 Å². The standard InChI is InChI=1S/C23H31N5O2.HI/c1-3-24-22(26-17-19-10-4-5-12-21(19)30-2)25-16-18-9-8-11-20(15-18)27-23(29)28-13-6-7-14-28;/h4-5,8-12,15H,3,6-7,13-14,16-17H2,1-2H3,(H,27,29)(H2,24,25,26);1H. The molecule has 2 aromatic rings. The van der Waals surface area contributed by atoms with Gasteiger partial charge in [0.05, 0.1) is 13.7 Å². The summed E-state index contributed by atoms with van der Waals surface area (Å²) < 4.78 is 5.41. The summed E-state index contributed by atoms with van der Waals surface area (Å²) in [4.78, 5) is 18.8. The first-order valence-corrected chi connectivity index (χ1v) is 10.5. The zero-order valence-corrected chi connectivity index (χ0v) is 20.5. The minimum atomic E-state index is -0.0278. The maximum Gasteiger partial charge on any atom is 0.321 e. The molecule has 0 bridgehead atoms. The first kappa shape index (κ1) is 24.8. The van der Waals surface area contributed by atoms with Crippen molar-refractivity contribution >= 4 is 41.7 Å². The van der Waals surface area contributed by atoms with Gasteiger partial charge in [-0.2, -0.15) is 0 Å². The van der Waals surface area contributed by atoms with Crippen LogP contribution in [-0.2, 0) is 13.1 Å². The molecule has 0 aliphatic carbocycles. The molecule has 8 heteroatoms.